The zero-order valence-corrected chi connectivity index (χ0v) is 7.43. The molecule has 2 aliphatic heterocycles. The molecule has 4 atom stereocenters. The fourth-order valence-corrected chi connectivity index (χ4v) is 1.90. The predicted octanol–water partition coefficient (Wildman–Crippen LogP) is -0.925. The fourth-order valence-electron chi connectivity index (χ4n) is 1.90. The van der Waals surface area contributed by atoms with Crippen LogP contribution in [0.3, 0.4) is 0 Å². The van der Waals surface area contributed by atoms with E-state index in [4.69, 9.17) is 9.47 Å². The van der Waals surface area contributed by atoms with Crippen molar-refractivity contribution in [1.29, 1.82) is 0 Å². The molecule has 0 unspecified atom stereocenters. The molecule has 4 heteroatoms. The van der Waals surface area contributed by atoms with Crippen LogP contribution in [0.25, 0.3) is 0 Å². The number of hydrogen-bond donors (Lipinski definition) is 1. The Hall–Kier alpha value is -0.160. The second-order valence-electron chi connectivity index (χ2n) is 3.69. The van der Waals surface area contributed by atoms with Gasteiger partial charge in [-0.25, -0.2) is 0 Å². The summed E-state index contributed by atoms with van der Waals surface area (Å²) < 4.78 is 10.9. The zero-order chi connectivity index (χ0) is 8.72. The third kappa shape index (κ3) is 1.15. The van der Waals surface area contributed by atoms with Crippen LogP contribution >= 0.6 is 0 Å². The smallest absolute Gasteiger partial charge is 0.113 e. The summed E-state index contributed by atoms with van der Waals surface area (Å²) in [5, 5.41) is 9.43. The number of aliphatic hydroxyl groups is 1. The van der Waals surface area contributed by atoms with Gasteiger partial charge in [0, 0.05) is 0 Å². The van der Waals surface area contributed by atoms with E-state index in [9.17, 15) is 5.11 Å². The standard InChI is InChI=1S/C8H15NO3/c1-9(2)5-3-11-8-6(10)4-12-7(5)8/h5-8,10H,3-4H2,1-2H3/t5-,6-,7+,8+/m0/s1. The molecule has 0 aromatic carbocycles. The molecule has 0 saturated carbocycles. The molecule has 2 saturated heterocycles. The first-order valence-electron chi connectivity index (χ1n) is 4.28. The van der Waals surface area contributed by atoms with Crippen molar-refractivity contribution in [2.75, 3.05) is 27.3 Å². The second-order valence-corrected chi connectivity index (χ2v) is 3.69. The van der Waals surface area contributed by atoms with Crippen LogP contribution in [0.15, 0.2) is 0 Å². The van der Waals surface area contributed by atoms with Gasteiger partial charge >= 0.3 is 0 Å². The lowest BCUT2D eigenvalue weighted by Gasteiger charge is -2.22. The van der Waals surface area contributed by atoms with E-state index in [1.54, 1.807) is 0 Å². The van der Waals surface area contributed by atoms with Crippen LogP contribution in [0.5, 0.6) is 0 Å². The number of rotatable bonds is 1. The first kappa shape index (κ1) is 8.44. The lowest BCUT2D eigenvalue weighted by Crippen LogP contribution is -2.40. The maximum atomic E-state index is 9.43. The molecule has 70 valence electrons. The van der Waals surface area contributed by atoms with Gasteiger partial charge in [-0.3, -0.25) is 0 Å². The molecule has 0 aromatic heterocycles. The summed E-state index contributed by atoms with van der Waals surface area (Å²) in [6.07, 6.45) is -0.465. The van der Waals surface area contributed by atoms with Crippen LogP contribution < -0.4 is 0 Å². The van der Waals surface area contributed by atoms with Crippen molar-refractivity contribution in [3.63, 3.8) is 0 Å². The van der Waals surface area contributed by atoms with Gasteiger partial charge in [0.05, 0.1) is 19.3 Å². The minimum Gasteiger partial charge on any atom is -0.388 e. The predicted molar refractivity (Wildman–Crippen MR) is 43.0 cm³/mol. The maximum Gasteiger partial charge on any atom is 0.113 e. The SMILES string of the molecule is CN(C)[C@H]1CO[C@H]2[C@@H]1OC[C@@H]2O. The van der Waals surface area contributed by atoms with Crippen molar-refractivity contribution in [2.45, 2.75) is 24.4 Å². The maximum absolute atomic E-state index is 9.43. The Labute approximate surface area is 72.1 Å². The highest BCUT2D eigenvalue weighted by Gasteiger charge is 2.47. The van der Waals surface area contributed by atoms with Gasteiger partial charge in [0.2, 0.25) is 0 Å². The normalized spacial score (nSPS) is 47.0. The Morgan fingerprint density at radius 2 is 1.83 bits per heavy atom. The Morgan fingerprint density at radius 1 is 1.17 bits per heavy atom. The molecule has 0 amide bonds. The molecule has 2 aliphatic rings. The van der Waals surface area contributed by atoms with Crippen molar-refractivity contribution < 1.29 is 14.6 Å². The topological polar surface area (TPSA) is 41.9 Å². The number of ether oxygens (including phenoxy) is 2. The summed E-state index contributed by atoms with van der Waals surface area (Å²) in [6, 6.07) is 0.298. The first-order chi connectivity index (χ1) is 5.70. The number of likely N-dealkylation sites (N-methyl/N-ethyl adjacent to an activating group) is 1. The van der Waals surface area contributed by atoms with E-state index in [1.807, 2.05) is 14.1 Å². The second kappa shape index (κ2) is 2.96. The average Bonchev–Trinajstić information content (AvgIpc) is 2.53. The highest BCUT2D eigenvalue weighted by molar-refractivity contribution is 4.97. The molecule has 0 aliphatic carbocycles. The molecule has 0 aromatic rings. The van der Waals surface area contributed by atoms with E-state index in [1.165, 1.54) is 0 Å². The summed E-state index contributed by atoms with van der Waals surface area (Å²) in [5.41, 5.74) is 0. The summed E-state index contributed by atoms with van der Waals surface area (Å²) in [6.45, 7) is 1.08. The van der Waals surface area contributed by atoms with Gasteiger partial charge < -0.3 is 19.5 Å². The van der Waals surface area contributed by atoms with Crippen molar-refractivity contribution in [3.05, 3.63) is 0 Å². The Bertz CT molecular complexity index is 174. The average molecular weight is 173 g/mol. The van der Waals surface area contributed by atoms with Gasteiger partial charge in [-0.1, -0.05) is 0 Å². The Morgan fingerprint density at radius 3 is 2.50 bits per heavy atom. The van der Waals surface area contributed by atoms with Crippen LogP contribution in [0.4, 0.5) is 0 Å². The Kier molecular flexibility index (Phi) is 2.08. The highest BCUT2D eigenvalue weighted by atomic mass is 16.6. The zero-order valence-electron chi connectivity index (χ0n) is 7.43. The molecule has 0 bridgehead atoms. The fraction of sp³-hybridized carbons (Fsp3) is 1.00. The molecule has 1 N–H and O–H groups in total. The largest absolute Gasteiger partial charge is 0.388 e. The van der Waals surface area contributed by atoms with Crippen molar-refractivity contribution >= 4 is 0 Å². The molecule has 0 radical (unpaired) electrons. The summed E-state index contributed by atoms with van der Waals surface area (Å²) >= 11 is 0. The third-order valence-electron chi connectivity index (χ3n) is 2.66. The van der Waals surface area contributed by atoms with E-state index in [0.29, 0.717) is 19.3 Å². The number of fused-ring (bicyclic) bond motifs is 1. The summed E-state index contributed by atoms with van der Waals surface area (Å²) in [4.78, 5) is 2.09. The van der Waals surface area contributed by atoms with E-state index in [-0.39, 0.29) is 12.2 Å². The third-order valence-corrected chi connectivity index (χ3v) is 2.66. The quantitative estimate of drug-likeness (QED) is 0.556. The minimum atomic E-state index is -0.431. The van der Waals surface area contributed by atoms with Gasteiger partial charge in [-0.2, -0.15) is 0 Å². The van der Waals surface area contributed by atoms with E-state index < -0.39 is 6.10 Å². The molecular formula is C8H15NO3. The van der Waals surface area contributed by atoms with Gasteiger partial charge in [0.25, 0.3) is 0 Å². The molecule has 2 heterocycles. The van der Waals surface area contributed by atoms with Crippen LogP contribution in [0.2, 0.25) is 0 Å². The first-order valence-corrected chi connectivity index (χ1v) is 4.28. The summed E-state index contributed by atoms with van der Waals surface area (Å²) in [7, 11) is 4.01. The van der Waals surface area contributed by atoms with Crippen LogP contribution in [-0.4, -0.2) is 61.7 Å². The number of nitrogens with zero attached hydrogens (tertiary/aromatic N) is 1. The van der Waals surface area contributed by atoms with Gasteiger partial charge in [0.1, 0.15) is 18.3 Å². The molecule has 4 nitrogen and oxygen atoms in total. The van der Waals surface area contributed by atoms with Crippen LogP contribution in [0, 0.1) is 0 Å². The van der Waals surface area contributed by atoms with Gasteiger partial charge in [0.15, 0.2) is 0 Å². The summed E-state index contributed by atoms with van der Waals surface area (Å²) in [5.74, 6) is 0. The molecule has 0 spiro atoms. The Balaban J connectivity index is 2.05. The lowest BCUT2D eigenvalue weighted by molar-refractivity contribution is 0.0154. The van der Waals surface area contributed by atoms with E-state index in [2.05, 4.69) is 4.90 Å². The van der Waals surface area contributed by atoms with Gasteiger partial charge in [-0.15, -0.1) is 0 Å². The van der Waals surface area contributed by atoms with Crippen molar-refractivity contribution in [3.8, 4) is 0 Å². The molecule has 2 rings (SSSR count). The van der Waals surface area contributed by atoms with Crippen molar-refractivity contribution in [1.82, 2.24) is 4.90 Å². The molecular weight excluding hydrogens is 158 g/mol. The van der Waals surface area contributed by atoms with E-state index >= 15 is 0 Å². The molecule has 12 heavy (non-hydrogen) atoms. The van der Waals surface area contributed by atoms with Crippen molar-refractivity contribution in [2.24, 2.45) is 0 Å². The lowest BCUT2D eigenvalue weighted by atomic mass is 10.1. The monoisotopic (exact) mass is 173 g/mol. The van der Waals surface area contributed by atoms with Crippen LogP contribution in [0.1, 0.15) is 0 Å². The van der Waals surface area contributed by atoms with Gasteiger partial charge in [-0.05, 0) is 14.1 Å². The van der Waals surface area contributed by atoms with E-state index in [0.717, 1.165) is 0 Å². The van der Waals surface area contributed by atoms with Crippen LogP contribution in [-0.2, 0) is 9.47 Å². The number of aliphatic hydroxyl groups excluding tert-OH is 1. The minimum absolute atomic E-state index is 0.0648. The highest BCUT2D eigenvalue weighted by Crippen LogP contribution is 2.28. The molecule has 2 fully saturated rings. The number of hydrogen-bond acceptors (Lipinski definition) is 4.